The van der Waals surface area contributed by atoms with Crippen molar-refractivity contribution >= 4 is 11.8 Å². The van der Waals surface area contributed by atoms with E-state index in [4.69, 9.17) is 10.5 Å². The summed E-state index contributed by atoms with van der Waals surface area (Å²) in [4.78, 5) is 26.4. The third kappa shape index (κ3) is 6.70. The van der Waals surface area contributed by atoms with Crippen molar-refractivity contribution in [3.8, 4) is 5.75 Å². The molecule has 6 heteroatoms. The average molecular weight is 383 g/mol. The summed E-state index contributed by atoms with van der Waals surface area (Å²) in [5.41, 5.74) is 6.87. The number of rotatable bonds is 11. The number of carbonyl (C=O) groups excluding carboxylic acids is 2. The fourth-order valence-electron chi connectivity index (χ4n) is 2.84. The van der Waals surface area contributed by atoms with Gasteiger partial charge in [-0.15, -0.1) is 0 Å². The van der Waals surface area contributed by atoms with Crippen LogP contribution in [0.15, 0.2) is 54.6 Å². The molecule has 2 aromatic rings. The molecule has 2 rings (SSSR count). The molecule has 0 aromatic heterocycles. The number of nitrogens with zero attached hydrogens (tertiary/aromatic N) is 1. The first-order valence-corrected chi connectivity index (χ1v) is 9.62. The SMILES string of the molecule is CCN(CC)CCOc1ccc(C[C@H](NC(=O)c2ccccc2)C(N)=O)cc1. The number of benzene rings is 2. The number of likely N-dealkylation sites (N-methyl/N-ethyl adjacent to an activating group) is 1. The molecule has 2 amide bonds. The van der Waals surface area contributed by atoms with Gasteiger partial charge in [0.2, 0.25) is 5.91 Å². The highest BCUT2D eigenvalue weighted by molar-refractivity contribution is 5.97. The van der Waals surface area contributed by atoms with E-state index in [-0.39, 0.29) is 5.91 Å². The van der Waals surface area contributed by atoms with E-state index in [2.05, 4.69) is 24.1 Å². The molecule has 0 aliphatic rings. The highest BCUT2D eigenvalue weighted by Gasteiger charge is 2.19. The molecule has 28 heavy (non-hydrogen) atoms. The number of hydrogen-bond acceptors (Lipinski definition) is 4. The Morgan fingerprint density at radius 3 is 2.25 bits per heavy atom. The molecule has 6 nitrogen and oxygen atoms in total. The maximum Gasteiger partial charge on any atom is 0.251 e. The number of ether oxygens (including phenoxy) is 1. The number of amides is 2. The molecule has 3 N–H and O–H groups in total. The van der Waals surface area contributed by atoms with Crippen LogP contribution in [-0.2, 0) is 11.2 Å². The second-order valence-electron chi connectivity index (χ2n) is 6.52. The van der Waals surface area contributed by atoms with Crippen LogP contribution in [0.1, 0.15) is 29.8 Å². The molecule has 0 fully saturated rings. The summed E-state index contributed by atoms with van der Waals surface area (Å²) in [7, 11) is 0. The lowest BCUT2D eigenvalue weighted by molar-refractivity contribution is -0.119. The molecular formula is C22H29N3O3. The molecule has 150 valence electrons. The molecule has 2 aromatic carbocycles. The minimum Gasteiger partial charge on any atom is -0.492 e. The lowest BCUT2D eigenvalue weighted by Gasteiger charge is -2.18. The van der Waals surface area contributed by atoms with Gasteiger partial charge in [0.05, 0.1) is 0 Å². The fraction of sp³-hybridized carbons (Fsp3) is 0.364. The van der Waals surface area contributed by atoms with Gasteiger partial charge in [0.15, 0.2) is 0 Å². The lowest BCUT2D eigenvalue weighted by atomic mass is 10.0. The first-order valence-electron chi connectivity index (χ1n) is 9.62. The van der Waals surface area contributed by atoms with E-state index in [1.54, 1.807) is 24.3 Å². The summed E-state index contributed by atoms with van der Waals surface area (Å²) in [5, 5.41) is 2.71. The van der Waals surface area contributed by atoms with E-state index in [0.29, 0.717) is 18.6 Å². The number of hydrogen-bond donors (Lipinski definition) is 2. The Hall–Kier alpha value is -2.86. The van der Waals surface area contributed by atoms with Crippen molar-refractivity contribution < 1.29 is 14.3 Å². The Morgan fingerprint density at radius 1 is 1.04 bits per heavy atom. The van der Waals surface area contributed by atoms with Crippen LogP contribution in [0.4, 0.5) is 0 Å². The summed E-state index contributed by atoms with van der Waals surface area (Å²) in [6, 6.07) is 15.5. The van der Waals surface area contributed by atoms with Crippen LogP contribution in [0.25, 0.3) is 0 Å². The number of carbonyl (C=O) groups is 2. The van der Waals surface area contributed by atoms with Crippen molar-refractivity contribution in [2.24, 2.45) is 5.73 Å². The molecule has 0 saturated heterocycles. The van der Waals surface area contributed by atoms with Crippen LogP contribution in [0.5, 0.6) is 5.75 Å². The van der Waals surface area contributed by atoms with Gasteiger partial charge >= 0.3 is 0 Å². The molecule has 1 atom stereocenters. The quantitative estimate of drug-likeness (QED) is 0.623. The zero-order valence-corrected chi connectivity index (χ0v) is 16.6. The van der Waals surface area contributed by atoms with Gasteiger partial charge in [-0.3, -0.25) is 9.59 Å². The fourth-order valence-corrected chi connectivity index (χ4v) is 2.84. The van der Waals surface area contributed by atoms with Gasteiger partial charge in [0.25, 0.3) is 5.91 Å². The van der Waals surface area contributed by atoms with Gasteiger partial charge in [-0.05, 0) is 42.9 Å². The largest absolute Gasteiger partial charge is 0.492 e. The Balaban J connectivity index is 1.90. The van der Waals surface area contributed by atoms with Gasteiger partial charge in [-0.1, -0.05) is 44.2 Å². The standard InChI is InChI=1S/C22H29N3O3/c1-3-25(4-2)14-15-28-19-12-10-17(11-13-19)16-20(21(23)26)24-22(27)18-8-6-5-7-9-18/h5-13,20H,3-4,14-16H2,1-2H3,(H2,23,26)(H,24,27)/t20-/m0/s1. The van der Waals surface area contributed by atoms with E-state index in [0.717, 1.165) is 30.9 Å². The molecule has 0 bridgehead atoms. The summed E-state index contributed by atoms with van der Waals surface area (Å²) in [6.45, 7) is 7.76. The minimum atomic E-state index is -0.776. The molecule has 0 aliphatic heterocycles. The average Bonchev–Trinajstić information content (AvgIpc) is 2.72. The Kier molecular flexibility index (Phi) is 8.49. The zero-order valence-electron chi connectivity index (χ0n) is 16.6. The molecule has 0 saturated carbocycles. The van der Waals surface area contributed by atoms with Crippen LogP contribution in [0, 0.1) is 0 Å². The van der Waals surface area contributed by atoms with E-state index < -0.39 is 11.9 Å². The first kappa shape index (κ1) is 21.4. The summed E-state index contributed by atoms with van der Waals surface area (Å²) in [6.07, 6.45) is 0.327. The zero-order chi connectivity index (χ0) is 20.4. The highest BCUT2D eigenvalue weighted by Crippen LogP contribution is 2.14. The predicted octanol–water partition coefficient (Wildman–Crippen LogP) is 2.23. The Morgan fingerprint density at radius 2 is 1.68 bits per heavy atom. The second kappa shape index (κ2) is 11.1. The van der Waals surface area contributed by atoms with E-state index in [1.165, 1.54) is 0 Å². The second-order valence-corrected chi connectivity index (χ2v) is 6.52. The van der Waals surface area contributed by atoms with Crippen LogP contribution in [-0.4, -0.2) is 49.0 Å². The maximum absolute atomic E-state index is 12.3. The van der Waals surface area contributed by atoms with Crippen molar-refractivity contribution in [3.05, 3.63) is 65.7 Å². The van der Waals surface area contributed by atoms with Crippen LogP contribution >= 0.6 is 0 Å². The number of primary amides is 1. The third-order valence-electron chi connectivity index (χ3n) is 4.62. The van der Waals surface area contributed by atoms with Gasteiger partial charge in [0.1, 0.15) is 18.4 Å². The third-order valence-corrected chi connectivity index (χ3v) is 4.62. The van der Waals surface area contributed by atoms with Crippen LogP contribution in [0.2, 0.25) is 0 Å². The molecule has 0 radical (unpaired) electrons. The molecular weight excluding hydrogens is 354 g/mol. The number of nitrogens with one attached hydrogen (secondary N) is 1. The summed E-state index contributed by atoms with van der Waals surface area (Å²) < 4.78 is 5.77. The van der Waals surface area contributed by atoms with Gasteiger partial charge in [-0.2, -0.15) is 0 Å². The van der Waals surface area contributed by atoms with Gasteiger partial charge in [-0.25, -0.2) is 0 Å². The normalized spacial score (nSPS) is 11.8. The van der Waals surface area contributed by atoms with E-state index in [9.17, 15) is 9.59 Å². The predicted molar refractivity (Wildman–Crippen MR) is 110 cm³/mol. The van der Waals surface area contributed by atoms with Crippen molar-refractivity contribution in [1.82, 2.24) is 10.2 Å². The Bertz CT molecular complexity index is 743. The van der Waals surface area contributed by atoms with Crippen LogP contribution in [0.3, 0.4) is 0 Å². The lowest BCUT2D eigenvalue weighted by Crippen LogP contribution is -2.45. The van der Waals surface area contributed by atoms with Gasteiger partial charge < -0.3 is 20.7 Å². The highest BCUT2D eigenvalue weighted by atomic mass is 16.5. The van der Waals surface area contributed by atoms with Crippen molar-refractivity contribution in [2.45, 2.75) is 26.3 Å². The smallest absolute Gasteiger partial charge is 0.251 e. The monoisotopic (exact) mass is 383 g/mol. The van der Waals surface area contributed by atoms with Crippen molar-refractivity contribution in [1.29, 1.82) is 0 Å². The van der Waals surface area contributed by atoms with Crippen LogP contribution < -0.4 is 15.8 Å². The maximum atomic E-state index is 12.3. The van der Waals surface area contributed by atoms with Gasteiger partial charge in [0, 0.05) is 18.5 Å². The number of nitrogens with two attached hydrogens (primary N) is 1. The molecule has 0 unspecified atom stereocenters. The first-order chi connectivity index (χ1) is 13.5. The van der Waals surface area contributed by atoms with Crippen molar-refractivity contribution in [3.63, 3.8) is 0 Å². The van der Waals surface area contributed by atoms with E-state index in [1.807, 2.05) is 30.3 Å². The topological polar surface area (TPSA) is 84.7 Å². The molecule has 0 heterocycles. The van der Waals surface area contributed by atoms with E-state index >= 15 is 0 Å². The summed E-state index contributed by atoms with van der Waals surface area (Å²) >= 11 is 0. The summed E-state index contributed by atoms with van der Waals surface area (Å²) in [5.74, 6) is -0.107. The Labute approximate surface area is 166 Å². The van der Waals surface area contributed by atoms with Crippen molar-refractivity contribution in [2.75, 3.05) is 26.2 Å². The molecule has 0 aliphatic carbocycles. The molecule has 0 spiro atoms. The minimum absolute atomic E-state index is 0.319.